The first-order valence-corrected chi connectivity index (χ1v) is 7.97. The zero-order valence-electron chi connectivity index (χ0n) is 11.2. The van der Waals surface area contributed by atoms with Crippen molar-refractivity contribution in [3.8, 4) is 0 Å². The Hall–Kier alpha value is -1.63. The van der Waals surface area contributed by atoms with Gasteiger partial charge in [-0.05, 0) is 42.3 Å². The normalized spacial score (nSPS) is 11.4. The molecule has 0 saturated carbocycles. The Morgan fingerprint density at radius 1 is 1.24 bits per heavy atom. The quantitative estimate of drug-likeness (QED) is 0.906. The molecule has 112 valence electrons. The van der Waals surface area contributed by atoms with Crippen LogP contribution in [-0.4, -0.2) is 8.42 Å². The standard InChI is InChI=1S/C14H14ClFN2O2S/c1-9-2-5-12(7-13(9)15)18-21(19,20)14-6-11(16)4-3-10(14)8-17/h2-7,18H,8,17H2,1H3. The van der Waals surface area contributed by atoms with Gasteiger partial charge < -0.3 is 5.73 Å². The minimum Gasteiger partial charge on any atom is -0.326 e. The fourth-order valence-corrected chi connectivity index (χ4v) is 3.31. The van der Waals surface area contributed by atoms with E-state index in [-0.39, 0.29) is 11.4 Å². The molecular weight excluding hydrogens is 315 g/mol. The summed E-state index contributed by atoms with van der Waals surface area (Å²) in [5, 5.41) is 0.438. The zero-order chi connectivity index (χ0) is 15.6. The van der Waals surface area contributed by atoms with Gasteiger partial charge in [-0.15, -0.1) is 0 Å². The van der Waals surface area contributed by atoms with Crippen molar-refractivity contribution in [1.82, 2.24) is 0 Å². The van der Waals surface area contributed by atoms with Gasteiger partial charge in [0.05, 0.1) is 10.6 Å². The number of anilines is 1. The number of rotatable bonds is 4. The molecule has 2 rings (SSSR count). The Labute approximate surface area is 127 Å². The van der Waals surface area contributed by atoms with E-state index in [9.17, 15) is 12.8 Å². The lowest BCUT2D eigenvalue weighted by Gasteiger charge is -2.12. The van der Waals surface area contributed by atoms with E-state index in [2.05, 4.69) is 4.72 Å². The van der Waals surface area contributed by atoms with Crippen LogP contribution in [0.1, 0.15) is 11.1 Å². The summed E-state index contributed by atoms with van der Waals surface area (Å²) in [4.78, 5) is -0.179. The molecule has 0 unspecified atom stereocenters. The Morgan fingerprint density at radius 3 is 2.57 bits per heavy atom. The van der Waals surface area contributed by atoms with Crippen LogP contribution in [0.25, 0.3) is 0 Å². The van der Waals surface area contributed by atoms with Crippen LogP contribution in [0.3, 0.4) is 0 Å². The van der Waals surface area contributed by atoms with E-state index in [1.165, 1.54) is 18.2 Å². The van der Waals surface area contributed by atoms with Crippen molar-refractivity contribution in [3.63, 3.8) is 0 Å². The highest BCUT2D eigenvalue weighted by Crippen LogP contribution is 2.24. The average Bonchev–Trinajstić information content (AvgIpc) is 2.42. The lowest BCUT2D eigenvalue weighted by atomic mass is 10.2. The second kappa shape index (κ2) is 6.01. The molecule has 7 heteroatoms. The van der Waals surface area contributed by atoms with E-state index < -0.39 is 15.8 Å². The highest BCUT2D eigenvalue weighted by molar-refractivity contribution is 7.92. The van der Waals surface area contributed by atoms with Gasteiger partial charge >= 0.3 is 0 Å². The molecule has 2 aromatic rings. The highest BCUT2D eigenvalue weighted by Gasteiger charge is 2.19. The number of nitrogens with one attached hydrogen (secondary N) is 1. The van der Waals surface area contributed by atoms with Gasteiger partial charge in [-0.2, -0.15) is 0 Å². The summed E-state index contributed by atoms with van der Waals surface area (Å²) in [6, 6.07) is 8.24. The van der Waals surface area contributed by atoms with Crippen molar-refractivity contribution in [2.24, 2.45) is 5.73 Å². The van der Waals surface area contributed by atoms with E-state index in [1.54, 1.807) is 19.1 Å². The smallest absolute Gasteiger partial charge is 0.262 e. The average molecular weight is 329 g/mol. The van der Waals surface area contributed by atoms with Gasteiger partial charge in [-0.3, -0.25) is 4.72 Å². The van der Waals surface area contributed by atoms with Crippen molar-refractivity contribution in [3.05, 3.63) is 58.4 Å². The maximum absolute atomic E-state index is 13.3. The van der Waals surface area contributed by atoms with Gasteiger partial charge in [0.1, 0.15) is 5.82 Å². The Morgan fingerprint density at radius 2 is 1.95 bits per heavy atom. The Balaban J connectivity index is 2.42. The monoisotopic (exact) mass is 328 g/mol. The summed E-state index contributed by atoms with van der Waals surface area (Å²) in [5.41, 5.74) is 6.96. The molecule has 0 aliphatic carbocycles. The first-order valence-electron chi connectivity index (χ1n) is 6.11. The second-order valence-corrected chi connectivity index (χ2v) is 6.58. The predicted molar refractivity (Wildman–Crippen MR) is 81.3 cm³/mol. The van der Waals surface area contributed by atoms with Crippen LogP contribution in [0.5, 0.6) is 0 Å². The minimum absolute atomic E-state index is 0.00875. The van der Waals surface area contributed by atoms with E-state index in [0.717, 1.165) is 11.6 Å². The van der Waals surface area contributed by atoms with E-state index in [0.29, 0.717) is 16.3 Å². The summed E-state index contributed by atoms with van der Waals surface area (Å²) in [6.45, 7) is 1.80. The molecule has 3 N–H and O–H groups in total. The van der Waals surface area contributed by atoms with Crippen molar-refractivity contribution in [2.45, 2.75) is 18.4 Å². The number of hydrogen-bond donors (Lipinski definition) is 2. The SMILES string of the molecule is Cc1ccc(NS(=O)(=O)c2cc(F)ccc2CN)cc1Cl. The van der Waals surface area contributed by atoms with Crippen LogP contribution in [0.2, 0.25) is 5.02 Å². The number of benzene rings is 2. The molecule has 0 amide bonds. The van der Waals surface area contributed by atoms with Gasteiger partial charge in [0.2, 0.25) is 0 Å². The molecular formula is C14H14ClFN2O2S. The van der Waals surface area contributed by atoms with Crippen LogP contribution in [-0.2, 0) is 16.6 Å². The highest BCUT2D eigenvalue weighted by atomic mass is 35.5. The molecule has 0 atom stereocenters. The fourth-order valence-electron chi connectivity index (χ4n) is 1.81. The predicted octanol–water partition coefficient (Wildman–Crippen LogP) is 3.05. The van der Waals surface area contributed by atoms with E-state index >= 15 is 0 Å². The molecule has 0 saturated heterocycles. The third-order valence-corrected chi connectivity index (χ3v) is 4.83. The molecule has 0 radical (unpaired) electrons. The first-order chi connectivity index (χ1) is 9.83. The number of aryl methyl sites for hydroxylation is 1. The topological polar surface area (TPSA) is 72.2 Å². The van der Waals surface area contributed by atoms with Crippen LogP contribution >= 0.6 is 11.6 Å². The van der Waals surface area contributed by atoms with Crippen LogP contribution in [0.15, 0.2) is 41.3 Å². The lowest BCUT2D eigenvalue weighted by molar-refractivity contribution is 0.593. The molecule has 0 fully saturated rings. The van der Waals surface area contributed by atoms with Crippen LogP contribution in [0, 0.1) is 12.7 Å². The van der Waals surface area contributed by atoms with Gasteiger partial charge in [-0.25, -0.2) is 12.8 Å². The van der Waals surface area contributed by atoms with Crippen molar-refractivity contribution in [1.29, 1.82) is 0 Å². The summed E-state index contributed by atoms with van der Waals surface area (Å²) < 4.78 is 40.4. The second-order valence-electron chi connectivity index (χ2n) is 4.53. The van der Waals surface area contributed by atoms with Gasteiger partial charge in [0.15, 0.2) is 0 Å². The molecule has 2 aromatic carbocycles. The molecule has 0 aliphatic rings. The summed E-state index contributed by atoms with van der Waals surface area (Å²) >= 11 is 5.96. The molecule has 0 heterocycles. The number of halogens is 2. The van der Waals surface area contributed by atoms with Gasteiger partial charge in [0, 0.05) is 11.6 Å². The molecule has 0 bridgehead atoms. The maximum atomic E-state index is 13.3. The lowest BCUT2D eigenvalue weighted by Crippen LogP contribution is -2.16. The van der Waals surface area contributed by atoms with Gasteiger partial charge in [0.25, 0.3) is 10.0 Å². The molecule has 21 heavy (non-hydrogen) atoms. The minimum atomic E-state index is -3.94. The van der Waals surface area contributed by atoms with Crippen molar-refractivity contribution < 1.29 is 12.8 Å². The largest absolute Gasteiger partial charge is 0.326 e. The third kappa shape index (κ3) is 3.53. The summed E-state index contributed by atoms with van der Waals surface area (Å²) in [6.07, 6.45) is 0. The molecule has 0 aromatic heterocycles. The fraction of sp³-hybridized carbons (Fsp3) is 0.143. The van der Waals surface area contributed by atoms with E-state index in [1.807, 2.05) is 0 Å². The third-order valence-electron chi connectivity index (χ3n) is 2.96. The van der Waals surface area contributed by atoms with E-state index in [4.69, 9.17) is 17.3 Å². The zero-order valence-corrected chi connectivity index (χ0v) is 12.8. The Bertz CT molecular complexity index is 779. The number of hydrogen-bond acceptors (Lipinski definition) is 3. The van der Waals surface area contributed by atoms with Crippen LogP contribution in [0.4, 0.5) is 10.1 Å². The number of nitrogens with two attached hydrogens (primary N) is 1. The van der Waals surface area contributed by atoms with Gasteiger partial charge in [-0.1, -0.05) is 23.7 Å². The summed E-state index contributed by atoms with van der Waals surface area (Å²) in [5.74, 6) is -0.644. The Kier molecular flexibility index (Phi) is 4.51. The van der Waals surface area contributed by atoms with Crippen molar-refractivity contribution in [2.75, 3.05) is 4.72 Å². The molecule has 4 nitrogen and oxygen atoms in total. The van der Waals surface area contributed by atoms with Crippen LogP contribution < -0.4 is 10.5 Å². The first kappa shape index (κ1) is 15.8. The molecule has 0 spiro atoms. The van der Waals surface area contributed by atoms with Crippen molar-refractivity contribution >= 4 is 27.3 Å². The number of sulfonamides is 1. The maximum Gasteiger partial charge on any atom is 0.262 e. The molecule has 0 aliphatic heterocycles. The summed E-state index contributed by atoms with van der Waals surface area (Å²) in [7, 11) is -3.94.